The number of carbonyl (C=O) groups is 2. The average molecular weight is 394 g/mol. The lowest BCUT2D eigenvalue weighted by atomic mass is 9.96. The normalized spacial score (nSPS) is 16.9. The molecule has 1 aliphatic rings. The van der Waals surface area contributed by atoms with Crippen molar-refractivity contribution in [3.63, 3.8) is 0 Å². The summed E-state index contributed by atoms with van der Waals surface area (Å²) in [6.07, 6.45) is 1.56. The minimum absolute atomic E-state index is 0.0518. The number of benzene rings is 1. The van der Waals surface area contributed by atoms with Gasteiger partial charge in [-0.2, -0.15) is 11.3 Å². The highest BCUT2D eigenvalue weighted by molar-refractivity contribution is 7.08. The summed E-state index contributed by atoms with van der Waals surface area (Å²) in [6.45, 7) is 3.22. The summed E-state index contributed by atoms with van der Waals surface area (Å²) in [6, 6.07) is 11.6. The van der Waals surface area contributed by atoms with E-state index in [1.165, 1.54) is 0 Å². The largest absolute Gasteiger partial charge is 0.466 e. The number of nitrogens with zero attached hydrogens (tertiary/aromatic N) is 2. The number of likely N-dealkylation sites (tertiary alicyclic amines) is 1. The van der Waals surface area contributed by atoms with Crippen LogP contribution in [0.4, 0.5) is 0 Å². The zero-order valence-corrected chi connectivity index (χ0v) is 16.6. The van der Waals surface area contributed by atoms with Crippen molar-refractivity contribution in [1.82, 2.24) is 9.88 Å². The predicted molar refractivity (Wildman–Crippen MR) is 110 cm³/mol. The molecule has 4 rings (SSSR count). The second-order valence-corrected chi connectivity index (χ2v) is 7.71. The van der Waals surface area contributed by atoms with Crippen LogP contribution in [0.1, 0.15) is 30.1 Å². The number of hydrogen-bond acceptors (Lipinski definition) is 5. The Hall–Kier alpha value is -2.73. The molecular weight excluding hydrogens is 372 g/mol. The number of fused-ring (bicyclic) bond motifs is 1. The van der Waals surface area contributed by atoms with Crippen molar-refractivity contribution in [3.05, 3.63) is 52.7 Å². The monoisotopic (exact) mass is 394 g/mol. The van der Waals surface area contributed by atoms with Gasteiger partial charge in [-0.25, -0.2) is 4.98 Å². The van der Waals surface area contributed by atoms with Gasteiger partial charge < -0.3 is 9.64 Å². The standard InChI is InChI=1S/C22H22N2O3S/c1-2-27-22(26)15-6-5-10-24(13-15)21(25)18-12-20(16-9-11-28-14-16)23-19-8-4-3-7-17(18)19/h3-4,7-9,11-12,14-15H,2,5-6,10,13H2,1H3. The van der Waals surface area contributed by atoms with Crippen LogP contribution in [0.3, 0.4) is 0 Å². The third-order valence-corrected chi connectivity index (χ3v) is 5.78. The van der Waals surface area contributed by atoms with E-state index in [4.69, 9.17) is 9.72 Å². The van der Waals surface area contributed by atoms with Crippen molar-refractivity contribution in [1.29, 1.82) is 0 Å². The van der Waals surface area contributed by atoms with Crippen molar-refractivity contribution < 1.29 is 14.3 Å². The van der Waals surface area contributed by atoms with E-state index in [2.05, 4.69) is 0 Å². The summed E-state index contributed by atoms with van der Waals surface area (Å²) in [5.74, 6) is -0.510. The first-order valence-electron chi connectivity index (χ1n) is 9.55. The maximum Gasteiger partial charge on any atom is 0.310 e. The van der Waals surface area contributed by atoms with E-state index < -0.39 is 0 Å². The van der Waals surface area contributed by atoms with Gasteiger partial charge in [0.1, 0.15) is 0 Å². The van der Waals surface area contributed by atoms with Gasteiger partial charge in [0.25, 0.3) is 5.91 Å². The van der Waals surface area contributed by atoms with Crippen LogP contribution < -0.4 is 0 Å². The molecule has 2 aromatic heterocycles. The number of piperidine rings is 1. The minimum Gasteiger partial charge on any atom is -0.466 e. The Labute approximate surface area is 168 Å². The van der Waals surface area contributed by atoms with Crippen LogP contribution in [0.15, 0.2) is 47.2 Å². The van der Waals surface area contributed by atoms with E-state index in [-0.39, 0.29) is 17.8 Å². The summed E-state index contributed by atoms with van der Waals surface area (Å²) in [7, 11) is 0. The maximum absolute atomic E-state index is 13.4. The predicted octanol–water partition coefficient (Wildman–Crippen LogP) is 4.38. The van der Waals surface area contributed by atoms with Crippen LogP contribution in [-0.2, 0) is 9.53 Å². The minimum atomic E-state index is -0.248. The fraction of sp³-hybridized carbons (Fsp3) is 0.318. The van der Waals surface area contributed by atoms with Gasteiger partial charge in [0, 0.05) is 29.4 Å². The van der Waals surface area contributed by atoms with Gasteiger partial charge in [-0.3, -0.25) is 9.59 Å². The molecule has 1 atom stereocenters. The molecule has 0 spiro atoms. The molecule has 0 saturated carbocycles. The molecule has 5 nitrogen and oxygen atoms in total. The summed E-state index contributed by atoms with van der Waals surface area (Å²) < 4.78 is 5.17. The van der Waals surface area contributed by atoms with Gasteiger partial charge >= 0.3 is 5.97 Å². The van der Waals surface area contributed by atoms with Gasteiger partial charge in [0.15, 0.2) is 0 Å². The molecule has 1 amide bonds. The second kappa shape index (κ2) is 8.10. The quantitative estimate of drug-likeness (QED) is 0.616. The molecule has 0 radical (unpaired) electrons. The molecule has 1 fully saturated rings. The van der Waals surface area contributed by atoms with Gasteiger partial charge in [0.2, 0.25) is 0 Å². The fourth-order valence-corrected chi connectivity index (χ4v) is 4.34. The summed E-state index contributed by atoms with van der Waals surface area (Å²) >= 11 is 1.60. The van der Waals surface area contributed by atoms with Crippen molar-refractivity contribution in [2.45, 2.75) is 19.8 Å². The van der Waals surface area contributed by atoms with Crippen LogP contribution in [-0.4, -0.2) is 41.5 Å². The molecule has 28 heavy (non-hydrogen) atoms. The van der Waals surface area contributed by atoms with Gasteiger partial charge in [0.05, 0.1) is 29.3 Å². The van der Waals surface area contributed by atoms with Crippen LogP contribution in [0.2, 0.25) is 0 Å². The molecule has 1 unspecified atom stereocenters. The number of rotatable bonds is 4. The van der Waals surface area contributed by atoms with Crippen molar-refractivity contribution >= 4 is 34.1 Å². The zero-order valence-electron chi connectivity index (χ0n) is 15.8. The summed E-state index contributed by atoms with van der Waals surface area (Å²) in [4.78, 5) is 32.1. The highest BCUT2D eigenvalue weighted by Gasteiger charge is 2.30. The second-order valence-electron chi connectivity index (χ2n) is 6.93. The molecular formula is C22H22N2O3S. The van der Waals surface area contributed by atoms with Crippen molar-refractivity contribution in [2.24, 2.45) is 5.92 Å². The van der Waals surface area contributed by atoms with Gasteiger partial charge in [-0.1, -0.05) is 18.2 Å². The highest BCUT2D eigenvalue weighted by atomic mass is 32.1. The Morgan fingerprint density at radius 2 is 2.14 bits per heavy atom. The molecule has 1 aliphatic heterocycles. The van der Waals surface area contributed by atoms with E-state index in [9.17, 15) is 9.59 Å². The number of hydrogen-bond donors (Lipinski definition) is 0. The number of pyridine rings is 1. The Balaban J connectivity index is 1.69. The number of thiophene rings is 1. The van der Waals surface area contributed by atoms with Crippen LogP contribution >= 0.6 is 11.3 Å². The molecule has 0 aliphatic carbocycles. The first-order valence-corrected chi connectivity index (χ1v) is 10.5. The van der Waals surface area contributed by atoms with E-state index in [1.807, 2.05) is 47.2 Å². The topological polar surface area (TPSA) is 59.5 Å². The van der Waals surface area contributed by atoms with Crippen molar-refractivity contribution in [2.75, 3.05) is 19.7 Å². The Morgan fingerprint density at radius 3 is 2.93 bits per heavy atom. The lowest BCUT2D eigenvalue weighted by Crippen LogP contribution is -2.42. The number of aromatic nitrogens is 1. The molecule has 3 aromatic rings. The molecule has 144 valence electrons. The van der Waals surface area contributed by atoms with E-state index in [1.54, 1.807) is 23.2 Å². The number of para-hydroxylation sites is 1. The fourth-order valence-electron chi connectivity index (χ4n) is 3.69. The first kappa shape index (κ1) is 18.6. The molecule has 6 heteroatoms. The van der Waals surface area contributed by atoms with Crippen LogP contribution in [0.25, 0.3) is 22.2 Å². The lowest BCUT2D eigenvalue weighted by Gasteiger charge is -2.32. The Morgan fingerprint density at radius 1 is 1.29 bits per heavy atom. The van der Waals surface area contributed by atoms with Gasteiger partial charge in [-0.15, -0.1) is 0 Å². The lowest BCUT2D eigenvalue weighted by molar-refractivity contribution is -0.149. The third-order valence-electron chi connectivity index (χ3n) is 5.09. The van der Waals surface area contributed by atoms with Crippen LogP contribution in [0, 0.1) is 5.92 Å². The average Bonchev–Trinajstić information content (AvgIpc) is 3.28. The SMILES string of the molecule is CCOC(=O)C1CCCN(C(=O)c2cc(-c3ccsc3)nc3ccccc23)C1. The highest BCUT2D eigenvalue weighted by Crippen LogP contribution is 2.28. The Bertz CT molecular complexity index is 1000. The summed E-state index contributed by atoms with van der Waals surface area (Å²) in [5.41, 5.74) is 3.24. The Kier molecular flexibility index (Phi) is 5.39. The summed E-state index contributed by atoms with van der Waals surface area (Å²) in [5, 5.41) is 4.87. The number of amides is 1. The molecule has 1 saturated heterocycles. The smallest absolute Gasteiger partial charge is 0.310 e. The molecule has 1 aromatic carbocycles. The zero-order chi connectivity index (χ0) is 19.5. The molecule has 0 bridgehead atoms. The molecule has 3 heterocycles. The number of carbonyl (C=O) groups excluding carboxylic acids is 2. The number of ether oxygens (including phenoxy) is 1. The van der Waals surface area contributed by atoms with E-state index >= 15 is 0 Å². The molecule has 0 N–H and O–H groups in total. The van der Waals surface area contributed by atoms with Crippen molar-refractivity contribution in [3.8, 4) is 11.3 Å². The van der Waals surface area contributed by atoms with Crippen LogP contribution in [0.5, 0.6) is 0 Å². The number of esters is 1. The first-order chi connectivity index (χ1) is 13.7. The third kappa shape index (κ3) is 3.64. The maximum atomic E-state index is 13.4. The van der Waals surface area contributed by atoms with E-state index in [0.29, 0.717) is 25.3 Å². The van der Waals surface area contributed by atoms with Gasteiger partial charge in [-0.05, 0) is 43.3 Å². The van der Waals surface area contributed by atoms with E-state index in [0.717, 1.165) is 35.0 Å².